The summed E-state index contributed by atoms with van der Waals surface area (Å²) in [6.45, 7) is 4.02. The molecule has 0 radical (unpaired) electrons. The minimum atomic E-state index is -2.96. The van der Waals surface area contributed by atoms with Crippen LogP contribution in [-0.4, -0.2) is 84.4 Å². The Morgan fingerprint density at radius 1 is 1.17 bits per heavy atom. The zero-order valence-corrected chi connectivity index (χ0v) is 20.2. The lowest BCUT2D eigenvalue weighted by molar-refractivity contribution is -0.0528. The fraction of sp³-hybridized carbons (Fsp3) is 0.560. The van der Waals surface area contributed by atoms with Crippen LogP contribution < -0.4 is 9.64 Å². The Hall–Kier alpha value is -3.08. The normalized spacial score (nSPS) is 21.6. The minimum absolute atomic E-state index is 0.195. The highest BCUT2D eigenvalue weighted by molar-refractivity contribution is 5.75. The van der Waals surface area contributed by atoms with Crippen molar-refractivity contribution in [3.63, 3.8) is 0 Å². The van der Waals surface area contributed by atoms with Gasteiger partial charge in [0, 0.05) is 74.1 Å². The van der Waals surface area contributed by atoms with Gasteiger partial charge in [-0.25, -0.2) is 19.2 Å². The molecule has 2 aromatic heterocycles. The number of carbonyl (C=O) groups excluding carboxylic acids is 1. The third-order valence-corrected chi connectivity index (χ3v) is 7.48. The van der Waals surface area contributed by atoms with Crippen molar-refractivity contribution in [1.29, 1.82) is 0 Å². The van der Waals surface area contributed by atoms with Gasteiger partial charge in [0.1, 0.15) is 11.6 Å². The van der Waals surface area contributed by atoms with Crippen LogP contribution in [0.3, 0.4) is 0 Å². The van der Waals surface area contributed by atoms with Crippen molar-refractivity contribution in [3.05, 3.63) is 36.4 Å². The SMILES string of the molecule is CCOC(=O)N1CC2(CC[C@@H](N3CCN(c4ncc(F)cc4-c4ccc(OC(F)F)nc4)CC3)C2)C1. The summed E-state index contributed by atoms with van der Waals surface area (Å²) in [5.74, 6) is -0.0271. The molecular weight excluding hydrogens is 475 g/mol. The van der Waals surface area contributed by atoms with Crippen LogP contribution in [0.2, 0.25) is 0 Å². The molecule has 5 rings (SSSR count). The van der Waals surface area contributed by atoms with Gasteiger partial charge in [0.2, 0.25) is 5.88 Å². The second-order valence-corrected chi connectivity index (χ2v) is 9.76. The standard InChI is InChI=1S/C25H30F3N5O3/c1-2-35-24(34)33-15-25(16-33)6-5-19(12-25)31-7-9-32(10-8-31)22-20(11-18(26)14-30-22)17-3-4-21(29-13-17)36-23(27)28/h3-4,11,13-14,19,23H,2,5-10,12,15-16H2,1H3/t19-/m1/s1. The summed E-state index contributed by atoms with van der Waals surface area (Å²) in [5, 5.41) is 0. The van der Waals surface area contributed by atoms with E-state index in [4.69, 9.17) is 4.74 Å². The molecule has 3 fully saturated rings. The molecule has 4 heterocycles. The number of piperazine rings is 1. The van der Waals surface area contributed by atoms with Crippen LogP contribution in [0, 0.1) is 11.2 Å². The minimum Gasteiger partial charge on any atom is -0.450 e. The van der Waals surface area contributed by atoms with E-state index in [0.717, 1.165) is 58.5 Å². The first-order chi connectivity index (χ1) is 17.4. The molecule has 2 saturated heterocycles. The molecular formula is C25H30F3N5O3. The Kier molecular flexibility index (Phi) is 6.92. The maximum atomic E-state index is 14.1. The van der Waals surface area contributed by atoms with E-state index in [2.05, 4.69) is 24.5 Å². The average Bonchev–Trinajstić information content (AvgIpc) is 3.30. The number of ether oxygens (including phenoxy) is 2. The molecule has 8 nitrogen and oxygen atoms in total. The lowest BCUT2D eigenvalue weighted by atomic mass is 9.78. The van der Waals surface area contributed by atoms with Crippen molar-refractivity contribution in [2.45, 2.75) is 38.8 Å². The molecule has 0 N–H and O–H groups in total. The average molecular weight is 506 g/mol. The molecule has 11 heteroatoms. The number of aromatic nitrogens is 2. The first kappa shape index (κ1) is 24.6. The van der Waals surface area contributed by atoms with Gasteiger partial charge in [0.05, 0.1) is 12.8 Å². The highest BCUT2D eigenvalue weighted by atomic mass is 19.3. The summed E-state index contributed by atoms with van der Waals surface area (Å²) in [4.78, 5) is 26.7. The van der Waals surface area contributed by atoms with Crippen molar-refractivity contribution in [1.82, 2.24) is 19.8 Å². The monoisotopic (exact) mass is 505 g/mol. The highest BCUT2D eigenvalue weighted by Crippen LogP contribution is 2.47. The lowest BCUT2D eigenvalue weighted by Crippen LogP contribution is -2.58. The van der Waals surface area contributed by atoms with Crippen LogP contribution in [0.5, 0.6) is 5.88 Å². The molecule has 0 aromatic carbocycles. The molecule has 1 aliphatic carbocycles. The number of rotatable bonds is 6. The summed E-state index contributed by atoms with van der Waals surface area (Å²) in [5.41, 5.74) is 1.36. The van der Waals surface area contributed by atoms with E-state index >= 15 is 0 Å². The van der Waals surface area contributed by atoms with E-state index in [1.807, 2.05) is 6.92 Å². The number of anilines is 1. The molecule has 2 aromatic rings. The van der Waals surface area contributed by atoms with Crippen molar-refractivity contribution < 1.29 is 27.4 Å². The molecule has 3 aliphatic rings. The molecule has 0 bridgehead atoms. The molecule has 0 unspecified atom stereocenters. The summed E-state index contributed by atoms with van der Waals surface area (Å²) in [6, 6.07) is 4.81. The number of carbonyl (C=O) groups is 1. The number of halogens is 3. The van der Waals surface area contributed by atoms with Gasteiger partial charge in [0.25, 0.3) is 0 Å². The zero-order chi connectivity index (χ0) is 25.3. The van der Waals surface area contributed by atoms with E-state index in [9.17, 15) is 18.0 Å². The Morgan fingerprint density at radius 2 is 1.94 bits per heavy atom. The predicted molar refractivity (Wildman–Crippen MR) is 127 cm³/mol. The fourth-order valence-electron chi connectivity index (χ4n) is 5.78. The predicted octanol–water partition coefficient (Wildman–Crippen LogP) is 4.02. The van der Waals surface area contributed by atoms with Crippen LogP contribution in [0.4, 0.5) is 23.8 Å². The topological polar surface area (TPSA) is 71.0 Å². The van der Waals surface area contributed by atoms with Crippen LogP contribution in [0.1, 0.15) is 26.2 Å². The number of alkyl halides is 2. The van der Waals surface area contributed by atoms with Crippen molar-refractivity contribution in [2.24, 2.45) is 5.41 Å². The van der Waals surface area contributed by atoms with Crippen LogP contribution in [0.25, 0.3) is 11.1 Å². The summed E-state index contributed by atoms with van der Waals surface area (Å²) in [7, 11) is 0. The van der Waals surface area contributed by atoms with Gasteiger partial charge >= 0.3 is 12.7 Å². The molecule has 1 saturated carbocycles. The van der Waals surface area contributed by atoms with Crippen LogP contribution in [-0.2, 0) is 4.74 Å². The van der Waals surface area contributed by atoms with Crippen molar-refractivity contribution >= 4 is 11.9 Å². The third kappa shape index (κ3) is 5.07. The summed E-state index contributed by atoms with van der Waals surface area (Å²) < 4.78 is 48.4. The van der Waals surface area contributed by atoms with E-state index < -0.39 is 12.4 Å². The van der Waals surface area contributed by atoms with Crippen LogP contribution in [0.15, 0.2) is 30.6 Å². The number of likely N-dealkylation sites (tertiary alicyclic amines) is 1. The quantitative estimate of drug-likeness (QED) is 0.587. The van der Waals surface area contributed by atoms with Gasteiger partial charge in [-0.1, -0.05) is 0 Å². The molecule has 1 atom stereocenters. The first-order valence-electron chi connectivity index (χ1n) is 12.3. The Labute approximate surface area is 208 Å². The maximum absolute atomic E-state index is 14.1. The zero-order valence-electron chi connectivity index (χ0n) is 20.2. The fourth-order valence-corrected chi connectivity index (χ4v) is 5.78. The summed E-state index contributed by atoms with van der Waals surface area (Å²) >= 11 is 0. The molecule has 36 heavy (non-hydrogen) atoms. The Morgan fingerprint density at radius 3 is 2.61 bits per heavy atom. The van der Waals surface area contributed by atoms with E-state index in [1.165, 1.54) is 24.5 Å². The third-order valence-electron chi connectivity index (χ3n) is 7.48. The maximum Gasteiger partial charge on any atom is 0.409 e. The van der Waals surface area contributed by atoms with Gasteiger partial charge in [-0.3, -0.25) is 4.90 Å². The van der Waals surface area contributed by atoms with Gasteiger partial charge in [-0.2, -0.15) is 8.78 Å². The second-order valence-electron chi connectivity index (χ2n) is 9.76. The van der Waals surface area contributed by atoms with Gasteiger partial charge < -0.3 is 19.3 Å². The summed E-state index contributed by atoms with van der Waals surface area (Å²) in [6.07, 6.45) is 5.70. The number of pyridine rings is 2. The lowest BCUT2D eigenvalue weighted by Gasteiger charge is -2.48. The Balaban J connectivity index is 1.20. The number of amides is 1. The van der Waals surface area contributed by atoms with Gasteiger partial charge in [-0.15, -0.1) is 0 Å². The Bertz CT molecular complexity index is 1070. The number of hydrogen-bond acceptors (Lipinski definition) is 7. The van der Waals surface area contributed by atoms with Gasteiger partial charge in [-0.05, 0) is 38.3 Å². The van der Waals surface area contributed by atoms with Gasteiger partial charge in [0.15, 0.2) is 0 Å². The van der Waals surface area contributed by atoms with E-state index in [0.29, 0.717) is 29.6 Å². The number of hydrogen-bond donors (Lipinski definition) is 0. The second kappa shape index (κ2) is 10.1. The number of nitrogens with zero attached hydrogens (tertiary/aromatic N) is 5. The van der Waals surface area contributed by atoms with Crippen LogP contribution >= 0.6 is 0 Å². The molecule has 1 spiro atoms. The molecule has 194 valence electrons. The smallest absolute Gasteiger partial charge is 0.409 e. The van der Waals surface area contributed by atoms with E-state index in [-0.39, 0.29) is 17.4 Å². The molecule has 2 aliphatic heterocycles. The van der Waals surface area contributed by atoms with Crippen molar-refractivity contribution in [3.8, 4) is 17.0 Å². The van der Waals surface area contributed by atoms with Crippen molar-refractivity contribution in [2.75, 3.05) is 50.8 Å². The largest absolute Gasteiger partial charge is 0.450 e. The first-order valence-corrected chi connectivity index (χ1v) is 12.3. The molecule has 1 amide bonds. The van der Waals surface area contributed by atoms with E-state index in [1.54, 1.807) is 11.0 Å². The highest BCUT2D eigenvalue weighted by Gasteiger charge is 2.51.